The fraction of sp³-hybridized carbons (Fsp3) is 0.467. The Morgan fingerprint density at radius 1 is 1.32 bits per heavy atom. The van der Waals surface area contributed by atoms with Crippen molar-refractivity contribution in [3.8, 4) is 11.8 Å². The van der Waals surface area contributed by atoms with Gasteiger partial charge in [-0.05, 0) is 36.4 Å². The third-order valence-corrected chi connectivity index (χ3v) is 4.13. The standard InChI is InChI=1S/C15H19FN2S/c16-15-5-4-13(11-14(15)3-1-6-17)12-18-7-2-9-19-10-8-18/h4-5,11H,2,6-10,12,17H2. The minimum absolute atomic E-state index is 0.257. The average molecular weight is 278 g/mol. The molecule has 0 spiro atoms. The summed E-state index contributed by atoms with van der Waals surface area (Å²) < 4.78 is 13.6. The van der Waals surface area contributed by atoms with Crippen LogP contribution in [0.2, 0.25) is 0 Å². The van der Waals surface area contributed by atoms with Gasteiger partial charge >= 0.3 is 0 Å². The molecule has 2 rings (SSSR count). The minimum atomic E-state index is -0.267. The molecular weight excluding hydrogens is 259 g/mol. The Balaban J connectivity index is 2.07. The van der Waals surface area contributed by atoms with Gasteiger partial charge in [-0.3, -0.25) is 4.90 Å². The van der Waals surface area contributed by atoms with Crippen molar-refractivity contribution in [1.29, 1.82) is 0 Å². The second-order valence-corrected chi connectivity index (χ2v) is 5.79. The van der Waals surface area contributed by atoms with E-state index in [4.69, 9.17) is 5.73 Å². The lowest BCUT2D eigenvalue weighted by Gasteiger charge is -2.19. The van der Waals surface area contributed by atoms with Crippen LogP contribution in [0, 0.1) is 17.7 Å². The Morgan fingerprint density at radius 3 is 3.05 bits per heavy atom. The van der Waals surface area contributed by atoms with Crippen molar-refractivity contribution >= 4 is 11.8 Å². The van der Waals surface area contributed by atoms with Crippen molar-refractivity contribution in [2.45, 2.75) is 13.0 Å². The van der Waals surface area contributed by atoms with E-state index in [1.165, 1.54) is 24.0 Å². The van der Waals surface area contributed by atoms with Crippen LogP contribution >= 0.6 is 11.8 Å². The summed E-state index contributed by atoms with van der Waals surface area (Å²) in [6.45, 7) is 3.35. The lowest BCUT2D eigenvalue weighted by Crippen LogP contribution is -2.25. The van der Waals surface area contributed by atoms with Crippen molar-refractivity contribution in [3.63, 3.8) is 0 Å². The molecule has 0 aromatic heterocycles. The van der Waals surface area contributed by atoms with Gasteiger partial charge < -0.3 is 5.73 Å². The molecule has 1 aromatic rings. The lowest BCUT2D eigenvalue weighted by atomic mass is 10.1. The van der Waals surface area contributed by atoms with Crippen molar-refractivity contribution in [2.75, 3.05) is 31.1 Å². The van der Waals surface area contributed by atoms with Crippen LogP contribution in [0.4, 0.5) is 4.39 Å². The zero-order chi connectivity index (χ0) is 13.5. The number of thioether (sulfide) groups is 1. The van der Waals surface area contributed by atoms with Crippen molar-refractivity contribution in [3.05, 3.63) is 35.1 Å². The highest BCUT2D eigenvalue weighted by Gasteiger charge is 2.10. The highest BCUT2D eigenvalue weighted by Crippen LogP contribution is 2.15. The second-order valence-electron chi connectivity index (χ2n) is 4.56. The number of nitrogens with zero attached hydrogens (tertiary/aromatic N) is 1. The maximum absolute atomic E-state index is 13.6. The number of rotatable bonds is 2. The smallest absolute Gasteiger partial charge is 0.138 e. The lowest BCUT2D eigenvalue weighted by molar-refractivity contribution is 0.287. The van der Waals surface area contributed by atoms with Crippen LogP contribution in [-0.4, -0.2) is 36.0 Å². The molecule has 1 heterocycles. The van der Waals surface area contributed by atoms with Gasteiger partial charge in [0.2, 0.25) is 0 Å². The first-order valence-corrected chi connectivity index (χ1v) is 7.72. The molecule has 1 aromatic carbocycles. The Labute approximate surface area is 118 Å². The molecule has 1 aliphatic rings. The van der Waals surface area contributed by atoms with Gasteiger partial charge in [-0.15, -0.1) is 0 Å². The van der Waals surface area contributed by atoms with Crippen LogP contribution in [0.1, 0.15) is 17.5 Å². The molecule has 0 unspecified atom stereocenters. The summed E-state index contributed by atoms with van der Waals surface area (Å²) in [5.74, 6) is 7.65. The normalized spacial score (nSPS) is 16.5. The molecule has 1 saturated heterocycles. The van der Waals surface area contributed by atoms with Gasteiger partial charge in [-0.2, -0.15) is 11.8 Å². The van der Waals surface area contributed by atoms with Gasteiger partial charge in [0, 0.05) is 18.8 Å². The Hall–Kier alpha value is -1.02. The van der Waals surface area contributed by atoms with E-state index in [1.54, 1.807) is 0 Å². The summed E-state index contributed by atoms with van der Waals surface area (Å²) in [6.07, 6.45) is 1.23. The molecule has 0 saturated carbocycles. The van der Waals surface area contributed by atoms with Crippen LogP contribution in [0.5, 0.6) is 0 Å². The van der Waals surface area contributed by atoms with Crippen molar-refractivity contribution in [1.82, 2.24) is 4.90 Å². The maximum Gasteiger partial charge on any atom is 0.138 e. The molecule has 0 amide bonds. The van der Waals surface area contributed by atoms with Gasteiger partial charge in [0.25, 0.3) is 0 Å². The van der Waals surface area contributed by atoms with Gasteiger partial charge in [0.15, 0.2) is 0 Å². The van der Waals surface area contributed by atoms with Gasteiger partial charge in [0.05, 0.1) is 12.1 Å². The molecule has 1 aliphatic heterocycles. The first kappa shape index (κ1) is 14.4. The van der Waals surface area contributed by atoms with E-state index >= 15 is 0 Å². The van der Waals surface area contributed by atoms with Crippen LogP contribution in [0.25, 0.3) is 0 Å². The van der Waals surface area contributed by atoms with Gasteiger partial charge in [-0.25, -0.2) is 4.39 Å². The summed E-state index contributed by atoms with van der Waals surface area (Å²) in [5, 5.41) is 0. The first-order chi connectivity index (χ1) is 9.29. The van der Waals surface area contributed by atoms with E-state index in [0.717, 1.165) is 25.2 Å². The van der Waals surface area contributed by atoms with Gasteiger partial charge in [-0.1, -0.05) is 17.9 Å². The van der Waals surface area contributed by atoms with E-state index in [1.807, 2.05) is 23.9 Å². The molecule has 102 valence electrons. The number of halogens is 1. The molecule has 19 heavy (non-hydrogen) atoms. The summed E-state index contributed by atoms with van der Waals surface area (Å²) in [4.78, 5) is 2.42. The molecule has 0 aliphatic carbocycles. The molecule has 0 bridgehead atoms. The van der Waals surface area contributed by atoms with E-state index < -0.39 is 0 Å². The van der Waals surface area contributed by atoms with E-state index in [-0.39, 0.29) is 12.4 Å². The fourth-order valence-electron chi connectivity index (χ4n) is 2.13. The number of hydrogen-bond donors (Lipinski definition) is 1. The number of nitrogens with two attached hydrogens (primary N) is 1. The Morgan fingerprint density at radius 2 is 2.21 bits per heavy atom. The van der Waals surface area contributed by atoms with Crippen molar-refractivity contribution < 1.29 is 4.39 Å². The monoisotopic (exact) mass is 278 g/mol. The third kappa shape index (κ3) is 4.54. The van der Waals surface area contributed by atoms with Gasteiger partial charge in [0.1, 0.15) is 5.82 Å². The van der Waals surface area contributed by atoms with E-state index in [0.29, 0.717) is 5.56 Å². The summed E-state index contributed by atoms with van der Waals surface area (Å²) >= 11 is 2.01. The fourth-order valence-corrected chi connectivity index (χ4v) is 3.05. The highest BCUT2D eigenvalue weighted by molar-refractivity contribution is 7.99. The predicted octanol–water partition coefficient (Wildman–Crippen LogP) is 2.07. The SMILES string of the molecule is NCC#Cc1cc(CN2CCCSCC2)ccc1F. The Bertz CT molecular complexity index is 471. The molecule has 1 fully saturated rings. The minimum Gasteiger partial charge on any atom is -0.320 e. The summed E-state index contributed by atoms with van der Waals surface area (Å²) in [7, 11) is 0. The Kier molecular flexibility index (Phi) is 5.71. The molecular formula is C15H19FN2S. The highest BCUT2D eigenvalue weighted by atomic mass is 32.2. The average Bonchev–Trinajstić information content (AvgIpc) is 2.68. The zero-order valence-corrected chi connectivity index (χ0v) is 11.8. The quantitative estimate of drug-likeness (QED) is 0.840. The first-order valence-electron chi connectivity index (χ1n) is 6.57. The second kappa shape index (κ2) is 7.54. The molecule has 0 atom stereocenters. The molecule has 4 heteroatoms. The maximum atomic E-state index is 13.6. The van der Waals surface area contributed by atoms with Crippen molar-refractivity contribution in [2.24, 2.45) is 5.73 Å². The molecule has 2 N–H and O–H groups in total. The predicted molar refractivity (Wildman–Crippen MR) is 79.6 cm³/mol. The number of benzene rings is 1. The summed E-state index contributed by atoms with van der Waals surface area (Å²) in [6, 6.07) is 5.19. The van der Waals surface area contributed by atoms with Crippen LogP contribution in [0.3, 0.4) is 0 Å². The summed E-state index contributed by atoms with van der Waals surface area (Å²) in [5.41, 5.74) is 6.90. The van der Waals surface area contributed by atoms with E-state index in [2.05, 4.69) is 16.7 Å². The topological polar surface area (TPSA) is 29.3 Å². The third-order valence-electron chi connectivity index (χ3n) is 3.08. The molecule has 2 nitrogen and oxygen atoms in total. The van der Waals surface area contributed by atoms with E-state index in [9.17, 15) is 4.39 Å². The molecule has 0 radical (unpaired) electrons. The van der Waals surface area contributed by atoms with Crippen LogP contribution < -0.4 is 5.73 Å². The van der Waals surface area contributed by atoms with Crippen LogP contribution in [0.15, 0.2) is 18.2 Å². The number of hydrogen-bond acceptors (Lipinski definition) is 3. The largest absolute Gasteiger partial charge is 0.320 e. The van der Waals surface area contributed by atoms with Crippen LogP contribution in [-0.2, 0) is 6.54 Å². The zero-order valence-electron chi connectivity index (χ0n) is 11.0.